The first-order chi connectivity index (χ1) is 21.0. The van der Waals surface area contributed by atoms with Gasteiger partial charge in [-0.1, -0.05) is 59.6 Å². The number of carbonyl (C=O) groups excluding carboxylic acids is 2. The summed E-state index contributed by atoms with van der Waals surface area (Å²) >= 11 is 6.80. The molecule has 2 N–H and O–H groups in total. The molecule has 0 radical (unpaired) electrons. The van der Waals surface area contributed by atoms with Gasteiger partial charge in [0.25, 0.3) is 11.8 Å². The van der Waals surface area contributed by atoms with E-state index >= 15 is 0 Å². The van der Waals surface area contributed by atoms with E-state index in [9.17, 15) is 9.59 Å². The van der Waals surface area contributed by atoms with Crippen LogP contribution in [-0.4, -0.2) is 114 Å². The second-order valence-corrected chi connectivity index (χ2v) is 15.0. The van der Waals surface area contributed by atoms with Crippen molar-refractivity contribution in [2.75, 3.05) is 53.4 Å². The Morgan fingerprint density at radius 1 is 0.689 bits per heavy atom. The van der Waals surface area contributed by atoms with Crippen LogP contribution in [-0.2, 0) is 10.4 Å². The fourth-order valence-electron chi connectivity index (χ4n) is 5.11. The number of rotatable bonds is 10. The average molecular weight is 777 g/mol. The predicted molar refractivity (Wildman–Crippen MR) is 186 cm³/mol. The van der Waals surface area contributed by atoms with E-state index in [1.807, 2.05) is 72.4 Å². The van der Waals surface area contributed by atoms with Crippen LogP contribution in [0.5, 0.6) is 0 Å². The molecule has 2 saturated heterocycles. The normalized spacial score (nSPS) is 16.3. The zero-order valence-electron chi connectivity index (χ0n) is 27.1. The molecule has 0 saturated carbocycles. The molecule has 1 unspecified atom stereocenters. The average Bonchev–Trinajstić information content (AvgIpc) is 2.90. The second-order valence-electron chi connectivity index (χ2n) is 12.2. The number of hydrogen-bond acceptors (Lipinski definition) is 6. The molecule has 2 fully saturated rings. The number of likely N-dealkylation sites (tertiary alicyclic amines) is 2. The van der Waals surface area contributed by atoms with Crippen molar-refractivity contribution in [1.82, 2.24) is 19.6 Å². The Balaban J connectivity index is 0.000000273. The molecule has 252 valence electrons. The van der Waals surface area contributed by atoms with E-state index in [1.165, 1.54) is 39.0 Å². The van der Waals surface area contributed by atoms with Crippen molar-refractivity contribution >= 4 is 54.1 Å². The highest BCUT2D eigenvalue weighted by molar-refractivity contribution is 9.10. The van der Waals surface area contributed by atoms with Gasteiger partial charge in [-0.15, -0.1) is 0 Å². The second kappa shape index (κ2) is 18.5. The van der Waals surface area contributed by atoms with Crippen molar-refractivity contribution in [1.29, 1.82) is 0 Å². The minimum Gasteiger partial charge on any atom is -0.337 e. The summed E-state index contributed by atoms with van der Waals surface area (Å²) in [6.45, 7) is 15.4. The number of amides is 2. The molecule has 2 aromatic rings. The lowest BCUT2D eigenvalue weighted by atomic mass is 10.00. The van der Waals surface area contributed by atoms with Crippen LogP contribution in [0.25, 0.3) is 0 Å². The Bertz CT molecular complexity index is 1220. The van der Waals surface area contributed by atoms with Gasteiger partial charge in [0.15, 0.2) is 0 Å². The maximum absolute atomic E-state index is 12.6. The van der Waals surface area contributed by atoms with Gasteiger partial charge in [-0.2, -0.15) is 8.42 Å². The van der Waals surface area contributed by atoms with E-state index in [4.69, 9.17) is 17.5 Å². The van der Waals surface area contributed by atoms with Crippen LogP contribution in [0.4, 0.5) is 0 Å². The van der Waals surface area contributed by atoms with Crippen LogP contribution in [0.3, 0.4) is 0 Å². The van der Waals surface area contributed by atoms with E-state index in [1.54, 1.807) is 0 Å². The topological polar surface area (TPSA) is 122 Å². The Hall–Kier alpha value is -1.87. The highest BCUT2D eigenvalue weighted by atomic mass is 79.9. The number of benzene rings is 2. The smallest absolute Gasteiger partial charge is 0.337 e. The van der Waals surface area contributed by atoms with Crippen LogP contribution in [0.2, 0.25) is 0 Å². The molecule has 45 heavy (non-hydrogen) atoms. The molecule has 0 aliphatic carbocycles. The molecule has 2 aliphatic rings. The van der Waals surface area contributed by atoms with Crippen LogP contribution in [0.15, 0.2) is 57.5 Å². The molecular formula is C32H48Br2N4O6S. The van der Waals surface area contributed by atoms with Crippen LogP contribution >= 0.6 is 31.9 Å². The lowest BCUT2D eigenvalue weighted by molar-refractivity contribution is 0.0559. The summed E-state index contributed by atoms with van der Waals surface area (Å²) in [6.07, 6.45) is 2.57. The molecule has 13 heteroatoms. The lowest BCUT2D eigenvalue weighted by Gasteiger charge is -2.39. The van der Waals surface area contributed by atoms with Gasteiger partial charge in [0.05, 0.1) is 0 Å². The number of nitrogens with zero attached hydrogens (tertiary/aromatic N) is 4. The number of likely N-dealkylation sites (N-methyl/N-ethyl adjacent to an activating group) is 2. The van der Waals surface area contributed by atoms with Crippen LogP contribution in [0, 0.1) is 11.8 Å². The summed E-state index contributed by atoms with van der Waals surface area (Å²) < 4.78 is 33.6. The third kappa shape index (κ3) is 13.8. The van der Waals surface area contributed by atoms with Gasteiger partial charge in [0.1, 0.15) is 0 Å². The molecule has 0 bridgehead atoms. The minimum absolute atomic E-state index is 0.108. The summed E-state index contributed by atoms with van der Waals surface area (Å²) in [5.41, 5.74) is 1.51. The van der Waals surface area contributed by atoms with E-state index in [-0.39, 0.29) is 23.9 Å². The van der Waals surface area contributed by atoms with Gasteiger partial charge in [0.2, 0.25) is 0 Å². The summed E-state index contributed by atoms with van der Waals surface area (Å²) in [5, 5.41) is 0. The molecular weight excluding hydrogens is 728 g/mol. The first-order valence-electron chi connectivity index (χ1n) is 15.2. The molecule has 0 spiro atoms. The molecule has 2 aromatic carbocycles. The Labute approximate surface area is 286 Å². The van der Waals surface area contributed by atoms with Gasteiger partial charge < -0.3 is 19.6 Å². The highest BCUT2D eigenvalue weighted by Crippen LogP contribution is 2.20. The number of carbonyl (C=O) groups is 2. The molecule has 2 heterocycles. The van der Waals surface area contributed by atoms with Gasteiger partial charge >= 0.3 is 10.4 Å². The fourth-order valence-corrected chi connectivity index (χ4v) is 5.64. The maximum Gasteiger partial charge on any atom is 0.394 e. The van der Waals surface area contributed by atoms with E-state index in [0.717, 1.165) is 33.2 Å². The minimum atomic E-state index is -4.67. The summed E-state index contributed by atoms with van der Waals surface area (Å²) in [5.74, 6) is 1.13. The quantitative estimate of drug-likeness (QED) is 0.289. The Morgan fingerprint density at radius 2 is 0.956 bits per heavy atom. The highest BCUT2D eigenvalue weighted by Gasteiger charge is 2.29. The standard InChI is InChI=1S/2C16H23BrN2O.H2O4S/c2*1-12(2)15(11-19-9-4-10-19)18(3)16(20)13-5-7-14(17)8-6-13;1-5(2,3)4/h2*5-8,12,15H,4,9-11H2,1-3H3;(H2,1,2,3,4)/t15-;;/m1../s1. The molecule has 4 rings (SSSR count). The van der Waals surface area contributed by atoms with Gasteiger partial charge in [-0.05, 0) is 99.4 Å². The van der Waals surface area contributed by atoms with Crippen molar-refractivity contribution in [2.45, 2.75) is 52.6 Å². The van der Waals surface area contributed by atoms with Crippen molar-refractivity contribution < 1.29 is 27.1 Å². The van der Waals surface area contributed by atoms with E-state index in [2.05, 4.69) is 69.4 Å². The van der Waals surface area contributed by atoms with Crippen molar-refractivity contribution in [3.63, 3.8) is 0 Å². The predicted octanol–water partition coefficient (Wildman–Crippen LogP) is 5.85. The molecule has 2 aliphatic heterocycles. The zero-order valence-corrected chi connectivity index (χ0v) is 31.1. The summed E-state index contributed by atoms with van der Waals surface area (Å²) in [4.78, 5) is 33.8. The van der Waals surface area contributed by atoms with Crippen LogP contribution in [0.1, 0.15) is 61.3 Å². The molecule has 2 atom stereocenters. The van der Waals surface area contributed by atoms with Crippen molar-refractivity contribution in [3.05, 3.63) is 68.6 Å². The number of halogens is 2. The van der Waals surface area contributed by atoms with Crippen molar-refractivity contribution in [3.8, 4) is 0 Å². The Morgan fingerprint density at radius 3 is 1.16 bits per heavy atom. The van der Waals surface area contributed by atoms with Gasteiger partial charge in [0, 0.05) is 59.3 Å². The zero-order chi connectivity index (χ0) is 33.9. The third-order valence-corrected chi connectivity index (χ3v) is 9.20. The third-order valence-electron chi connectivity index (χ3n) is 8.14. The number of hydrogen-bond donors (Lipinski definition) is 2. The molecule has 0 aromatic heterocycles. The van der Waals surface area contributed by atoms with Gasteiger partial charge in [-0.3, -0.25) is 18.7 Å². The van der Waals surface area contributed by atoms with Gasteiger partial charge in [-0.25, -0.2) is 0 Å². The van der Waals surface area contributed by atoms with E-state index in [0.29, 0.717) is 11.8 Å². The van der Waals surface area contributed by atoms with Crippen molar-refractivity contribution in [2.24, 2.45) is 11.8 Å². The maximum atomic E-state index is 12.6. The monoisotopic (exact) mass is 774 g/mol. The van der Waals surface area contributed by atoms with E-state index < -0.39 is 10.4 Å². The molecule has 10 nitrogen and oxygen atoms in total. The molecule has 2 amide bonds. The largest absolute Gasteiger partial charge is 0.394 e. The Kier molecular flexibility index (Phi) is 16.1. The first kappa shape index (κ1) is 39.3. The fraction of sp³-hybridized carbons (Fsp3) is 0.562. The first-order valence-corrected chi connectivity index (χ1v) is 18.2. The summed E-state index contributed by atoms with van der Waals surface area (Å²) in [6, 6.07) is 15.7. The van der Waals surface area contributed by atoms with Crippen LogP contribution < -0.4 is 0 Å². The SMILES string of the molecule is CC(C)C(CN1CCC1)N(C)C(=O)c1ccc(Br)cc1.CC(C)[C@@H](CN1CCC1)N(C)C(=O)c1ccc(Br)cc1.O=S(=O)(O)O. The lowest BCUT2D eigenvalue weighted by Crippen LogP contribution is -2.51. The summed E-state index contributed by atoms with van der Waals surface area (Å²) in [7, 11) is -0.816.